The lowest BCUT2D eigenvalue weighted by molar-refractivity contribution is -0.123. The molecule has 7 heteroatoms. The number of rotatable bonds is 7. The maximum atomic E-state index is 13.9. The zero-order valence-electron chi connectivity index (χ0n) is 17.7. The fraction of sp³-hybridized carbons (Fsp3) is 0.391. The molecule has 0 spiro atoms. The monoisotopic (exact) mass is 449 g/mol. The maximum absolute atomic E-state index is 13.9. The number of nitrogens with zero attached hydrogens (tertiary/aromatic N) is 2. The van der Waals surface area contributed by atoms with Crippen LogP contribution in [0, 0.1) is 0 Å². The Morgan fingerprint density at radius 2 is 1.80 bits per heavy atom. The van der Waals surface area contributed by atoms with Crippen LogP contribution in [0.15, 0.2) is 42.5 Å². The number of hydrogen-bond donors (Lipinski definition) is 1. The first-order valence-corrected chi connectivity index (χ1v) is 10.7. The first kappa shape index (κ1) is 24.2. The summed E-state index contributed by atoms with van der Waals surface area (Å²) in [6, 6.07) is 12.2. The van der Waals surface area contributed by atoms with Crippen LogP contribution in [0.1, 0.15) is 50.4 Å². The average molecular weight is 450 g/mol. The van der Waals surface area contributed by atoms with E-state index in [0.717, 1.165) is 32.4 Å². The number of para-hydroxylation sites is 1. The fourth-order valence-corrected chi connectivity index (χ4v) is 4.07. The molecule has 1 aliphatic heterocycles. The first-order chi connectivity index (χ1) is 14.0. The summed E-state index contributed by atoms with van der Waals surface area (Å²) in [5.74, 6) is -0.262. The van der Waals surface area contributed by atoms with E-state index in [2.05, 4.69) is 31.0 Å². The molecule has 5 nitrogen and oxygen atoms in total. The van der Waals surface area contributed by atoms with E-state index in [1.165, 1.54) is 0 Å². The summed E-state index contributed by atoms with van der Waals surface area (Å²) >= 11 is 6.18. The van der Waals surface area contributed by atoms with E-state index >= 15 is 0 Å². The van der Waals surface area contributed by atoms with E-state index in [0.29, 0.717) is 27.6 Å². The largest absolute Gasteiger partial charge is 0.320 e. The van der Waals surface area contributed by atoms with E-state index in [1.807, 2.05) is 18.2 Å². The second-order valence-electron chi connectivity index (χ2n) is 7.19. The van der Waals surface area contributed by atoms with Crippen LogP contribution in [0.2, 0.25) is 5.02 Å². The van der Waals surface area contributed by atoms with Gasteiger partial charge in [-0.25, -0.2) is 0 Å². The Bertz CT molecular complexity index is 900. The van der Waals surface area contributed by atoms with Crippen molar-refractivity contribution < 1.29 is 9.59 Å². The Labute approximate surface area is 189 Å². The Morgan fingerprint density at radius 1 is 1.10 bits per heavy atom. The molecule has 1 N–H and O–H groups in total. The highest BCUT2D eigenvalue weighted by atomic mass is 35.5. The van der Waals surface area contributed by atoms with Gasteiger partial charge >= 0.3 is 0 Å². The molecule has 2 aromatic carbocycles. The quantitative estimate of drug-likeness (QED) is 0.572. The van der Waals surface area contributed by atoms with Gasteiger partial charge in [0.05, 0.1) is 28.7 Å². The van der Waals surface area contributed by atoms with Crippen LogP contribution in [0.25, 0.3) is 0 Å². The summed E-state index contributed by atoms with van der Waals surface area (Å²) in [4.78, 5) is 30.7. The van der Waals surface area contributed by atoms with E-state index in [1.54, 1.807) is 29.2 Å². The van der Waals surface area contributed by atoms with Crippen LogP contribution in [0.4, 0.5) is 17.1 Å². The van der Waals surface area contributed by atoms with Gasteiger partial charge in [0.2, 0.25) is 5.91 Å². The number of fused-ring (bicyclic) bond motifs is 2. The third kappa shape index (κ3) is 4.80. The first-order valence-electron chi connectivity index (χ1n) is 10.3. The predicted molar refractivity (Wildman–Crippen MR) is 126 cm³/mol. The molecule has 2 amide bonds. The number of amides is 2. The van der Waals surface area contributed by atoms with E-state index in [9.17, 15) is 9.59 Å². The van der Waals surface area contributed by atoms with Crippen molar-refractivity contribution in [2.45, 2.75) is 46.1 Å². The molecule has 162 valence electrons. The molecule has 0 aliphatic carbocycles. The molecule has 1 aliphatic rings. The molecule has 1 atom stereocenters. The lowest BCUT2D eigenvalue weighted by Gasteiger charge is -2.34. The second kappa shape index (κ2) is 10.8. The lowest BCUT2D eigenvalue weighted by Crippen LogP contribution is -2.47. The van der Waals surface area contributed by atoms with Gasteiger partial charge in [0, 0.05) is 5.02 Å². The van der Waals surface area contributed by atoms with Gasteiger partial charge < -0.3 is 5.32 Å². The van der Waals surface area contributed by atoms with Crippen LogP contribution in [-0.4, -0.2) is 35.8 Å². The van der Waals surface area contributed by atoms with Crippen LogP contribution in [-0.2, 0) is 4.79 Å². The van der Waals surface area contributed by atoms with Gasteiger partial charge in [-0.05, 0) is 49.8 Å². The number of carbonyl (C=O) groups excluding carboxylic acids is 2. The molecule has 1 unspecified atom stereocenters. The van der Waals surface area contributed by atoms with Crippen molar-refractivity contribution in [2.24, 2.45) is 0 Å². The summed E-state index contributed by atoms with van der Waals surface area (Å²) in [7, 11) is 0. The van der Waals surface area contributed by atoms with Crippen molar-refractivity contribution in [1.82, 2.24) is 4.90 Å². The smallest absolute Gasteiger partial charge is 0.257 e. The summed E-state index contributed by atoms with van der Waals surface area (Å²) in [5, 5.41) is 3.42. The zero-order chi connectivity index (χ0) is 21.0. The number of unbranched alkanes of at least 4 members (excludes halogenated alkanes) is 1. The Morgan fingerprint density at radius 3 is 2.47 bits per heavy atom. The maximum Gasteiger partial charge on any atom is 0.257 e. The predicted octanol–water partition coefficient (Wildman–Crippen LogP) is 5.89. The molecule has 0 aromatic heterocycles. The Kier molecular flexibility index (Phi) is 8.71. The van der Waals surface area contributed by atoms with Gasteiger partial charge in [-0.1, -0.05) is 57.3 Å². The molecular weight excluding hydrogens is 421 g/mol. The van der Waals surface area contributed by atoms with Gasteiger partial charge in [-0.3, -0.25) is 19.4 Å². The van der Waals surface area contributed by atoms with Crippen molar-refractivity contribution in [3.63, 3.8) is 0 Å². The summed E-state index contributed by atoms with van der Waals surface area (Å²) in [5.41, 5.74) is 2.26. The number of nitrogens with one attached hydrogen (secondary N) is 1. The van der Waals surface area contributed by atoms with Gasteiger partial charge in [-0.15, -0.1) is 12.4 Å². The zero-order valence-corrected chi connectivity index (χ0v) is 19.2. The third-order valence-electron chi connectivity index (χ3n) is 5.43. The molecule has 3 rings (SSSR count). The summed E-state index contributed by atoms with van der Waals surface area (Å²) < 4.78 is 0. The highest BCUT2D eigenvalue weighted by Crippen LogP contribution is 2.40. The molecule has 0 saturated carbocycles. The normalized spacial score (nSPS) is 13.6. The highest BCUT2D eigenvalue weighted by molar-refractivity contribution is 6.31. The molecule has 1 heterocycles. The number of carbonyl (C=O) groups is 2. The standard InChI is InChI=1S/C23H28ClN3O2.ClH/c1-4-7-11-21(26(5-2)6-3)23(29)27-19-12-9-8-10-17(19)22(28)25-18-15-16(24)13-14-20(18)27;/h8-10,12-15,21H,4-7,11H2,1-3H3,(H,25,28);1H. The Hall–Kier alpha value is -2.08. The van der Waals surface area contributed by atoms with Crippen molar-refractivity contribution in [3.8, 4) is 0 Å². The molecule has 0 saturated heterocycles. The Balaban J connectivity index is 0.00000320. The minimum absolute atomic E-state index is 0. The van der Waals surface area contributed by atoms with Gasteiger partial charge in [0.15, 0.2) is 0 Å². The SMILES string of the molecule is CCCCC(C(=O)N1c2ccc(Cl)cc2NC(=O)c2ccccc21)N(CC)CC.Cl. The van der Waals surface area contributed by atoms with Crippen LogP contribution in [0.5, 0.6) is 0 Å². The molecule has 2 aromatic rings. The highest BCUT2D eigenvalue weighted by Gasteiger charge is 2.34. The molecule has 0 fully saturated rings. The summed E-state index contributed by atoms with van der Waals surface area (Å²) in [6.07, 6.45) is 2.76. The number of likely N-dealkylation sites (N-methyl/N-ethyl adjacent to an activating group) is 1. The summed E-state index contributed by atoms with van der Waals surface area (Å²) in [6.45, 7) is 7.86. The number of hydrogen-bond acceptors (Lipinski definition) is 3. The second-order valence-corrected chi connectivity index (χ2v) is 7.62. The van der Waals surface area contributed by atoms with Crippen LogP contribution >= 0.6 is 24.0 Å². The number of anilines is 3. The van der Waals surface area contributed by atoms with Crippen molar-refractivity contribution in [3.05, 3.63) is 53.1 Å². The minimum Gasteiger partial charge on any atom is -0.320 e. The van der Waals surface area contributed by atoms with Gasteiger partial charge in [0.1, 0.15) is 0 Å². The van der Waals surface area contributed by atoms with E-state index in [-0.39, 0.29) is 30.3 Å². The number of benzene rings is 2. The third-order valence-corrected chi connectivity index (χ3v) is 5.66. The molecular formula is C23H29Cl2N3O2. The van der Waals surface area contributed by atoms with E-state index in [4.69, 9.17) is 11.6 Å². The van der Waals surface area contributed by atoms with Crippen molar-refractivity contribution in [1.29, 1.82) is 0 Å². The topological polar surface area (TPSA) is 52.7 Å². The fourth-order valence-electron chi connectivity index (χ4n) is 3.89. The van der Waals surface area contributed by atoms with Crippen LogP contribution < -0.4 is 10.2 Å². The molecule has 0 radical (unpaired) electrons. The molecule has 0 bridgehead atoms. The average Bonchev–Trinajstić information content (AvgIpc) is 2.84. The van der Waals surface area contributed by atoms with Crippen molar-refractivity contribution in [2.75, 3.05) is 23.3 Å². The lowest BCUT2D eigenvalue weighted by atomic mass is 10.0. The number of halogens is 2. The van der Waals surface area contributed by atoms with Gasteiger partial charge in [-0.2, -0.15) is 0 Å². The van der Waals surface area contributed by atoms with Crippen molar-refractivity contribution >= 4 is 52.9 Å². The molecule has 30 heavy (non-hydrogen) atoms. The van der Waals surface area contributed by atoms with E-state index < -0.39 is 0 Å². The minimum atomic E-state index is -0.255. The van der Waals surface area contributed by atoms with Crippen LogP contribution in [0.3, 0.4) is 0 Å². The van der Waals surface area contributed by atoms with Gasteiger partial charge in [0.25, 0.3) is 5.91 Å².